The normalized spacial score (nSPS) is 16.8. The molecule has 0 saturated carbocycles. The lowest BCUT2D eigenvalue weighted by molar-refractivity contribution is 0.230. The van der Waals surface area contributed by atoms with E-state index >= 15 is 0 Å². The third-order valence-corrected chi connectivity index (χ3v) is 6.28. The van der Waals surface area contributed by atoms with Gasteiger partial charge in [-0.05, 0) is 60.1 Å². The van der Waals surface area contributed by atoms with E-state index in [0.717, 1.165) is 37.4 Å². The number of hydrogen-bond acceptors (Lipinski definition) is 6. The Balaban J connectivity index is 1.47. The van der Waals surface area contributed by atoms with E-state index in [1.54, 1.807) is 18.4 Å². The van der Waals surface area contributed by atoms with Crippen LogP contribution in [0.2, 0.25) is 0 Å². The highest BCUT2D eigenvalue weighted by atomic mass is 79.9. The predicted molar refractivity (Wildman–Crippen MR) is 109 cm³/mol. The first kappa shape index (κ1) is 17.8. The second kappa shape index (κ2) is 7.98. The van der Waals surface area contributed by atoms with Gasteiger partial charge in [-0.3, -0.25) is 9.89 Å². The molecule has 1 aromatic heterocycles. The van der Waals surface area contributed by atoms with Gasteiger partial charge in [0.2, 0.25) is 0 Å². The van der Waals surface area contributed by atoms with Gasteiger partial charge in [0.15, 0.2) is 11.5 Å². The molecule has 0 unspecified atom stereocenters. The maximum absolute atomic E-state index is 5.97. The van der Waals surface area contributed by atoms with Crippen LogP contribution in [0.1, 0.15) is 12.8 Å². The van der Waals surface area contributed by atoms with E-state index < -0.39 is 0 Å². The lowest BCUT2D eigenvalue weighted by Gasteiger charge is -2.21. The van der Waals surface area contributed by atoms with Crippen molar-refractivity contribution in [2.24, 2.45) is 4.99 Å². The molecule has 0 radical (unpaired) electrons. The number of methoxy groups -OCH3 is 1. The van der Waals surface area contributed by atoms with Crippen molar-refractivity contribution in [2.45, 2.75) is 12.8 Å². The number of benzene rings is 1. The van der Waals surface area contributed by atoms with Crippen LogP contribution in [0.4, 0.5) is 5.69 Å². The van der Waals surface area contributed by atoms with Crippen molar-refractivity contribution in [1.82, 2.24) is 4.90 Å². The quantitative estimate of drug-likeness (QED) is 0.698. The molecule has 26 heavy (non-hydrogen) atoms. The van der Waals surface area contributed by atoms with E-state index in [2.05, 4.69) is 49.1 Å². The topological polar surface area (TPSA) is 37.3 Å². The Labute approximate surface area is 165 Å². The van der Waals surface area contributed by atoms with Crippen molar-refractivity contribution in [1.29, 1.82) is 0 Å². The van der Waals surface area contributed by atoms with E-state index in [-0.39, 0.29) is 0 Å². The molecule has 0 aliphatic carbocycles. The fraction of sp³-hybridized carbons (Fsp3) is 0.421. The van der Waals surface area contributed by atoms with Crippen LogP contribution in [0.25, 0.3) is 6.20 Å². The smallest absolute Gasteiger partial charge is 0.162 e. The van der Waals surface area contributed by atoms with Crippen molar-refractivity contribution < 1.29 is 9.47 Å². The van der Waals surface area contributed by atoms with Crippen LogP contribution in [0, 0.1) is 0 Å². The van der Waals surface area contributed by atoms with Gasteiger partial charge in [0.25, 0.3) is 0 Å². The van der Waals surface area contributed by atoms with Crippen LogP contribution in [0.15, 0.2) is 33.0 Å². The Morgan fingerprint density at radius 3 is 2.85 bits per heavy atom. The minimum Gasteiger partial charge on any atom is -0.493 e. The average Bonchev–Trinajstić information content (AvgIpc) is 3.29. The average molecular weight is 436 g/mol. The summed E-state index contributed by atoms with van der Waals surface area (Å²) < 4.78 is 13.8. The molecule has 138 valence electrons. The summed E-state index contributed by atoms with van der Waals surface area (Å²) in [4.78, 5) is 9.21. The zero-order valence-corrected chi connectivity index (χ0v) is 17.2. The number of ether oxygens (including phenoxy) is 2. The number of hydrogen-bond donors (Lipinski definition) is 0. The molecule has 0 N–H and O–H groups in total. The molecule has 1 saturated heterocycles. The highest BCUT2D eigenvalue weighted by Crippen LogP contribution is 2.32. The molecule has 2 aliphatic heterocycles. The fourth-order valence-electron chi connectivity index (χ4n) is 3.32. The van der Waals surface area contributed by atoms with E-state index in [4.69, 9.17) is 9.47 Å². The van der Waals surface area contributed by atoms with Crippen LogP contribution >= 0.6 is 27.3 Å². The second-order valence-electron chi connectivity index (χ2n) is 6.43. The molecular weight excluding hydrogens is 414 g/mol. The first-order chi connectivity index (χ1) is 12.7. The Kier molecular flexibility index (Phi) is 5.47. The lowest BCUT2D eigenvalue weighted by atomic mass is 10.2. The monoisotopic (exact) mass is 435 g/mol. The molecule has 2 aromatic rings. The molecule has 5 nitrogen and oxygen atoms in total. The molecule has 1 fully saturated rings. The summed E-state index contributed by atoms with van der Waals surface area (Å²) in [5.74, 6) is 1.56. The highest BCUT2D eigenvalue weighted by molar-refractivity contribution is 9.11. The number of rotatable bonds is 6. The van der Waals surface area contributed by atoms with Crippen LogP contribution < -0.4 is 24.3 Å². The highest BCUT2D eigenvalue weighted by Gasteiger charge is 2.14. The van der Waals surface area contributed by atoms with Crippen LogP contribution in [-0.4, -0.2) is 44.9 Å². The molecule has 4 rings (SSSR count). The summed E-state index contributed by atoms with van der Waals surface area (Å²) in [6.07, 6.45) is 4.75. The van der Waals surface area contributed by atoms with Crippen molar-refractivity contribution in [3.63, 3.8) is 0 Å². The zero-order chi connectivity index (χ0) is 17.9. The Morgan fingerprint density at radius 2 is 2.04 bits per heavy atom. The van der Waals surface area contributed by atoms with E-state index in [0.29, 0.717) is 13.3 Å². The molecule has 7 heteroatoms. The largest absolute Gasteiger partial charge is 0.493 e. The first-order valence-electron chi connectivity index (χ1n) is 8.84. The number of nitrogens with zero attached hydrogens (tertiary/aromatic N) is 3. The van der Waals surface area contributed by atoms with E-state index in [9.17, 15) is 0 Å². The SMILES string of the molecule is COc1cc(N2C=c3sc(Br)cc3=NC2)ccc1OCCN1CCCC1. The maximum Gasteiger partial charge on any atom is 0.162 e. The van der Waals surface area contributed by atoms with Crippen LogP contribution in [0.5, 0.6) is 11.5 Å². The number of likely N-dealkylation sites (tertiary alicyclic amines) is 1. The van der Waals surface area contributed by atoms with Gasteiger partial charge in [-0.15, -0.1) is 11.3 Å². The van der Waals surface area contributed by atoms with Gasteiger partial charge in [0, 0.05) is 24.5 Å². The first-order valence-corrected chi connectivity index (χ1v) is 10.5. The lowest BCUT2D eigenvalue weighted by Crippen LogP contribution is -2.32. The number of anilines is 1. The van der Waals surface area contributed by atoms with Crippen LogP contribution in [-0.2, 0) is 0 Å². The Hall–Kier alpha value is -1.57. The maximum atomic E-state index is 5.97. The van der Waals surface area contributed by atoms with Crippen molar-refractivity contribution in [3.8, 4) is 11.5 Å². The van der Waals surface area contributed by atoms with Crippen molar-refractivity contribution >= 4 is 39.2 Å². The van der Waals surface area contributed by atoms with Crippen LogP contribution in [0.3, 0.4) is 0 Å². The summed E-state index contributed by atoms with van der Waals surface area (Å²) in [7, 11) is 1.69. The van der Waals surface area contributed by atoms with Crippen molar-refractivity contribution in [2.75, 3.05) is 44.9 Å². The molecular formula is C19H22BrN3O2S. The van der Waals surface area contributed by atoms with Gasteiger partial charge in [-0.1, -0.05) is 0 Å². The summed E-state index contributed by atoms with van der Waals surface area (Å²) in [6.45, 7) is 4.64. The zero-order valence-electron chi connectivity index (χ0n) is 14.8. The van der Waals surface area contributed by atoms with Gasteiger partial charge in [-0.25, -0.2) is 0 Å². The van der Waals surface area contributed by atoms with E-state index in [1.807, 2.05) is 12.1 Å². The minimum atomic E-state index is 0.606. The number of halogens is 1. The summed E-state index contributed by atoms with van der Waals surface area (Å²) in [5.41, 5.74) is 1.05. The summed E-state index contributed by atoms with van der Waals surface area (Å²) in [5, 5.41) is 1.05. The third kappa shape index (κ3) is 3.89. The summed E-state index contributed by atoms with van der Waals surface area (Å²) >= 11 is 5.22. The molecule has 0 bridgehead atoms. The molecule has 0 atom stereocenters. The molecule has 3 heterocycles. The third-order valence-electron chi connectivity index (χ3n) is 4.72. The number of thiophene rings is 1. The van der Waals surface area contributed by atoms with Crippen molar-refractivity contribution in [3.05, 3.63) is 37.9 Å². The van der Waals surface area contributed by atoms with Gasteiger partial charge in [0.05, 0.1) is 20.8 Å². The standard InChI is InChI=1S/C19H22BrN3O2S/c1-24-17-10-14(23-12-18-15(21-13-23)11-19(20)26-18)4-5-16(17)25-9-8-22-6-2-3-7-22/h4-5,10-12H,2-3,6-9,13H2,1H3. The second-order valence-corrected chi connectivity index (χ2v) is 8.89. The molecule has 0 amide bonds. The van der Waals surface area contributed by atoms with Gasteiger partial charge in [-0.2, -0.15) is 0 Å². The van der Waals surface area contributed by atoms with Gasteiger partial charge < -0.3 is 14.4 Å². The Bertz CT molecular complexity index is 893. The van der Waals surface area contributed by atoms with E-state index in [1.165, 1.54) is 25.9 Å². The molecule has 2 aliphatic rings. The Morgan fingerprint density at radius 1 is 1.19 bits per heavy atom. The molecule has 1 aromatic carbocycles. The molecule has 0 spiro atoms. The van der Waals surface area contributed by atoms with Gasteiger partial charge in [0.1, 0.15) is 13.3 Å². The number of fused-ring (bicyclic) bond motifs is 1. The fourth-order valence-corrected chi connectivity index (χ4v) is 4.85. The minimum absolute atomic E-state index is 0.606. The predicted octanol–water partition coefficient (Wildman–Crippen LogP) is 2.83. The van der Waals surface area contributed by atoms with Gasteiger partial charge >= 0.3 is 0 Å². The summed E-state index contributed by atoms with van der Waals surface area (Å²) in [6, 6.07) is 8.13.